The van der Waals surface area contributed by atoms with E-state index >= 15 is 0 Å². The summed E-state index contributed by atoms with van der Waals surface area (Å²) < 4.78 is 11.6. The Balaban J connectivity index is 1.64. The number of hydrogen-bond acceptors (Lipinski definition) is 4. The molecule has 0 amide bonds. The van der Waals surface area contributed by atoms with Crippen molar-refractivity contribution in [1.29, 1.82) is 0 Å². The van der Waals surface area contributed by atoms with Gasteiger partial charge in [0.1, 0.15) is 12.2 Å². The minimum atomic E-state index is -0.870. The summed E-state index contributed by atoms with van der Waals surface area (Å²) >= 11 is 0. The van der Waals surface area contributed by atoms with Gasteiger partial charge in [0.15, 0.2) is 23.8 Å². The molecule has 2 fully saturated rings. The second-order valence-electron chi connectivity index (χ2n) is 5.47. The normalized spacial score (nSPS) is 35.8. The lowest BCUT2D eigenvalue weighted by molar-refractivity contribution is -0.138. The second-order valence-corrected chi connectivity index (χ2v) is 5.47. The van der Waals surface area contributed by atoms with Gasteiger partial charge >= 0.3 is 0 Å². The lowest BCUT2D eigenvalue weighted by Crippen LogP contribution is -2.36. The Kier molecular flexibility index (Phi) is 3.13. The molecule has 4 atom stereocenters. The Morgan fingerprint density at radius 3 is 1.55 bits per heavy atom. The maximum absolute atomic E-state index is 12.6. The molecule has 0 bridgehead atoms. The molecule has 0 aromatic heterocycles. The van der Waals surface area contributed by atoms with Gasteiger partial charge in [0.2, 0.25) is 0 Å². The molecule has 0 N–H and O–H groups in total. The van der Waals surface area contributed by atoms with Crippen LogP contribution in [0.1, 0.15) is 0 Å². The van der Waals surface area contributed by atoms with Crippen molar-refractivity contribution in [3.05, 3.63) is 71.9 Å². The van der Waals surface area contributed by atoms with Gasteiger partial charge in [-0.15, -0.1) is 0 Å². The van der Waals surface area contributed by atoms with E-state index < -0.39 is 24.4 Å². The molecule has 2 heterocycles. The van der Waals surface area contributed by atoms with E-state index in [2.05, 4.69) is 0 Å². The fraction of sp³-hybridized carbons (Fsp3) is 0.222. The molecule has 0 spiro atoms. The van der Waals surface area contributed by atoms with Crippen LogP contribution in [0.5, 0.6) is 0 Å². The maximum atomic E-state index is 12.6. The third-order valence-electron chi connectivity index (χ3n) is 4.13. The molecular formula is C18H14O4. The summed E-state index contributed by atoms with van der Waals surface area (Å²) in [6, 6.07) is 0. The van der Waals surface area contributed by atoms with Gasteiger partial charge in [0.05, 0.1) is 0 Å². The molecule has 0 radical (unpaired) electrons. The highest BCUT2D eigenvalue weighted by molar-refractivity contribution is 6.10. The number of ether oxygens (including phenoxy) is 2. The van der Waals surface area contributed by atoms with Crippen molar-refractivity contribution in [2.24, 2.45) is 0 Å². The van der Waals surface area contributed by atoms with Crippen LogP contribution in [0.25, 0.3) is 0 Å². The van der Waals surface area contributed by atoms with Gasteiger partial charge in [-0.3, -0.25) is 9.59 Å². The monoisotopic (exact) mass is 294 g/mol. The molecule has 110 valence electrons. The molecule has 22 heavy (non-hydrogen) atoms. The van der Waals surface area contributed by atoms with E-state index in [-0.39, 0.29) is 11.6 Å². The van der Waals surface area contributed by atoms with Crippen LogP contribution < -0.4 is 0 Å². The van der Waals surface area contributed by atoms with Gasteiger partial charge < -0.3 is 9.47 Å². The van der Waals surface area contributed by atoms with Crippen molar-refractivity contribution in [3.63, 3.8) is 0 Å². The number of hydrogen-bond donors (Lipinski definition) is 0. The van der Waals surface area contributed by atoms with Crippen LogP contribution >= 0.6 is 0 Å². The van der Waals surface area contributed by atoms with Crippen molar-refractivity contribution in [3.8, 4) is 0 Å². The Morgan fingerprint density at radius 1 is 0.636 bits per heavy atom. The predicted molar refractivity (Wildman–Crippen MR) is 80.1 cm³/mol. The first-order valence-electron chi connectivity index (χ1n) is 7.25. The molecule has 4 rings (SSSR count). The van der Waals surface area contributed by atoms with Crippen molar-refractivity contribution in [1.82, 2.24) is 0 Å². The zero-order valence-electron chi connectivity index (χ0n) is 11.7. The Morgan fingerprint density at radius 2 is 1.09 bits per heavy atom. The first-order chi connectivity index (χ1) is 10.8. The van der Waals surface area contributed by atoms with Crippen molar-refractivity contribution in [2.45, 2.75) is 24.4 Å². The highest BCUT2D eigenvalue weighted by Crippen LogP contribution is 2.34. The SMILES string of the molecule is O=C1C2=CC=CC=CC2OC1C1OC2C=CC=CC=C2C1=O. The molecule has 0 saturated carbocycles. The lowest BCUT2D eigenvalue weighted by atomic mass is 9.98. The summed E-state index contributed by atoms with van der Waals surface area (Å²) in [6.07, 6.45) is 15.5. The molecule has 2 saturated heterocycles. The average Bonchev–Trinajstić information content (AvgIpc) is 2.82. The molecule has 2 aliphatic carbocycles. The van der Waals surface area contributed by atoms with Gasteiger partial charge in [0.25, 0.3) is 0 Å². The van der Waals surface area contributed by atoms with E-state index in [0.717, 1.165) is 0 Å². The third-order valence-corrected chi connectivity index (χ3v) is 4.13. The highest BCUT2D eigenvalue weighted by Gasteiger charge is 2.50. The molecule has 4 nitrogen and oxygen atoms in total. The zero-order valence-corrected chi connectivity index (χ0v) is 11.7. The van der Waals surface area contributed by atoms with Gasteiger partial charge in [-0.2, -0.15) is 0 Å². The van der Waals surface area contributed by atoms with Gasteiger partial charge in [0, 0.05) is 11.1 Å². The van der Waals surface area contributed by atoms with E-state index in [0.29, 0.717) is 11.1 Å². The maximum Gasteiger partial charge on any atom is 0.193 e. The van der Waals surface area contributed by atoms with E-state index in [1.807, 2.05) is 36.5 Å². The first-order valence-corrected chi connectivity index (χ1v) is 7.25. The lowest BCUT2D eigenvalue weighted by Gasteiger charge is -2.15. The fourth-order valence-corrected chi connectivity index (χ4v) is 3.04. The predicted octanol–water partition coefficient (Wildman–Crippen LogP) is 1.76. The van der Waals surface area contributed by atoms with E-state index in [1.54, 1.807) is 24.3 Å². The first kappa shape index (κ1) is 13.4. The molecule has 2 aliphatic heterocycles. The second kappa shape index (κ2) is 5.16. The van der Waals surface area contributed by atoms with Crippen LogP contribution in [0.2, 0.25) is 0 Å². The molecule has 4 unspecified atom stereocenters. The topological polar surface area (TPSA) is 52.6 Å². The molecule has 4 aliphatic rings. The summed E-state index contributed by atoms with van der Waals surface area (Å²) in [5.41, 5.74) is 1.14. The molecule has 4 heteroatoms. The average molecular weight is 294 g/mol. The van der Waals surface area contributed by atoms with Gasteiger partial charge in [-0.25, -0.2) is 0 Å². The van der Waals surface area contributed by atoms with Crippen molar-refractivity contribution in [2.75, 3.05) is 0 Å². The number of rotatable bonds is 1. The standard InChI is InChI=1S/C18H14O4/c19-15-11-7-3-1-5-9-13(11)21-17(15)18-16(20)12-8-4-2-6-10-14(12)22-18/h1-10,13-14,17-18H. The number of carbonyl (C=O) groups excluding carboxylic acids is 2. The quantitative estimate of drug-likeness (QED) is 0.739. The smallest absolute Gasteiger partial charge is 0.193 e. The number of carbonyl (C=O) groups is 2. The number of ketones is 2. The molecule has 0 aromatic carbocycles. The fourth-order valence-electron chi connectivity index (χ4n) is 3.04. The van der Waals surface area contributed by atoms with Crippen LogP contribution in [0.15, 0.2) is 71.9 Å². The van der Waals surface area contributed by atoms with Crippen LogP contribution in [-0.2, 0) is 19.1 Å². The number of allylic oxidation sites excluding steroid dienone is 8. The summed E-state index contributed by atoms with van der Waals surface area (Å²) in [7, 11) is 0. The minimum absolute atomic E-state index is 0.170. The van der Waals surface area contributed by atoms with Crippen LogP contribution in [0.3, 0.4) is 0 Å². The van der Waals surface area contributed by atoms with Gasteiger partial charge in [-0.1, -0.05) is 60.8 Å². The van der Waals surface area contributed by atoms with E-state index in [9.17, 15) is 9.59 Å². The summed E-state index contributed by atoms with van der Waals surface area (Å²) in [6.45, 7) is 0. The number of fused-ring (bicyclic) bond motifs is 2. The van der Waals surface area contributed by atoms with Crippen molar-refractivity contribution < 1.29 is 19.1 Å². The van der Waals surface area contributed by atoms with Crippen LogP contribution in [-0.4, -0.2) is 36.0 Å². The van der Waals surface area contributed by atoms with Crippen LogP contribution in [0.4, 0.5) is 0 Å². The summed E-state index contributed by atoms with van der Waals surface area (Å²) in [4.78, 5) is 25.1. The largest absolute Gasteiger partial charge is 0.355 e. The summed E-state index contributed by atoms with van der Waals surface area (Å²) in [5.74, 6) is -0.340. The van der Waals surface area contributed by atoms with E-state index in [1.165, 1.54) is 0 Å². The highest BCUT2D eigenvalue weighted by atomic mass is 16.6. The third kappa shape index (κ3) is 2.00. The Bertz CT molecular complexity index is 655. The summed E-state index contributed by atoms with van der Waals surface area (Å²) in [5, 5.41) is 0. The van der Waals surface area contributed by atoms with Crippen molar-refractivity contribution >= 4 is 11.6 Å². The molecule has 0 aromatic rings. The zero-order chi connectivity index (χ0) is 15.1. The minimum Gasteiger partial charge on any atom is -0.355 e. The molecular weight excluding hydrogens is 280 g/mol. The Labute approximate surface area is 127 Å². The van der Waals surface area contributed by atoms with Crippen LogP contribution in [0, 0.1) is 0 Å². The van der Waals surface area contributed by atoms with Gasteiger partial charge in [-0.05, 0) is 0 Å². The van der Waals surface area contributed by atoms with E-state index in [4.69, 9.17) is 9.47 Å². The Hall–Kier alpha value is -2.30. The number of Topliss-reactive ketones (excluding diaryl/α,β-unsaturated/α-hetero) is 2.